The highest BCUT2D eigenvalue weighted by molar-refractivity contribution is 6.16. The van der Waals surface area contributed by atoms with E-state index < -0.39 is 23.5 Å². The number of nitrogens with zero attached hydrogens (tertiary/aromatic N) is 2. The summed E-state index contributed by atoms with van der Waals surface area (Å²) in [4.78, 5) is 32.5. The van der Waals surface area contributed by atoms with Gasteiger partial charge >= 0.3 is 0 Å². The quantitative estimate of drug-likeness (QED) is 0.208. The summed E-state index contributed by atoms with van der Waals surface area (Å²) in [6.07, 6.45) is 6.47. The molecule has 0 aliphatic carbocycles. The molecular formula is C30H28N2O5. The van der Waals surface area contributed by atoms with Gasteiger partial charge in [-0.1, -0.05) is 50.1 Å². The molecule has 1 N–H and O–H groups in total. The normalized spacial score (nSPS) is 15.5. The van der Waals surface area contributed by atoms with E-state index in [1.54, 1.807) is 36.7 Å². The Balaban J connectivity index is 1.50. The highest BCUT2D eigenvalue weighted by Crippen LogP contribution is 2.41. The van der Waals surface area contributed by atoms with E-state index >= 15 is 0 Å². The highest BCUT2D eigenvalue weighted by atomic mass is 16.5. The van der Waals surface area contributed by atoms with Crippen LogP contribution in [0.5, 0.6) is 5.75 Å². The van der Waals surface area contributed by atoms with Gasteiger partial charge in [-0.2, -0.15) is 0 Å². The zero-order chi connectivity index (χ0) is 25.8. The Morgan fingerprint density at radius 2 is 1.81 bits per heavy atom. The summed E-state index contributed by atoms with van der Waals surface area (Å²) in [6.45, 7) is 2.96. The molecule has 2 aromatic carbocycles. The van der Waals surface area contributed by atoms with Gasteiger partial charge in [0.25, 0.3) is 5.91 Å². The van der Waals surface area contributed by atoms with E-state index in [0.717, 1.165) is 30.2 Å². The first-order valence-corrected chi connectivity index (χ1v) is 12.5. The van der Waals surface area contributed by atoms with Crippen LogP contribution in [0.4, 0.5) is 0 Å². The molecule has 1 unspecified atom stereocenters. The Kier molecular flexibility index (Phi) is 7.03. The summed E-state index contributed by atoms with van der Waals surface area (Å²) in [5, 5.41) is 11.7. The van der Waals surface area contributed by atoms with Gasteiger partial charge < -0.3 is 19.2 Å². The monoisotopic (exact) mass is 496 g/mol. The van der Waals surface area contributed by atoms with E-state index in [1.807, 2.05) is 42.5 Å². The van der Waals surface area contributed by atoms with Crippen molar-refractivity contribution >= 4 is 22.7 Å². The van der Waals surface area contributed by atoms with Crippen LogP contribution in [0.2, 0.25) is 0 Å². The van der Waals surface area contributed by atoms with E-state index in [-0.39, 0.29) is 17.9 Å². The van der Waals surface area contributed by atoms with Crippen molar-refractivity contribution in [3.63, 3.8) is 0 Å². The van der Waals surface area contributed by atoms with Crippen molar-refractivity contribution in [2.75, 3.05) is 6.61 Å². The van der Waals surface area contributed by atoms with Gasteiger partial charge in [0.1, 0.15) is 11.3 Å². The fourth-order valence-electron chi connectivity index (χ4n) is 4.60. The van der Waals surface area contributed by atoms with Gasteiger partial charge in [0.2, 0.25) is 5.78 Å². The van der Waals surface area contributed by atoms with E-state index in [9.17, 15) is 14.7 Å². The maximum atomic E-state index is 13.7. The third-order valence-corrected chi connectivity index (χ3v) is 6.51. The zero-order valence-electron chi connectivity index (χ0n) is 20.6. The number of furan rings is 1. The lowest BCUT2D eigenvalue weighted by atomic mass is 9.94. The molecule has 0 saturated carbocycles. The summed E-state index contributed by atoms with van der Waals surface area (Å²) in [5.74, 6) is -0.917. The van der Waals surface area contributed by atoms with Gasteiger partial charge in [-0.05, 0) is 53.9 Å². The Bertz CT molecular complexity index is 1410. The van der Waals surface area contributed by atoms with Crippen LogP contribution in [0.25, 0.3) is 11.0 Å². The van der Waals surface area contributed by atoms with Crippen LogP contribution in [0.15, 0.2) is 94.9 Å². The van der Waals surface area contributed by atoms with Crippen molar-refractivity contribution in [1.29, 1.82) is 0 Å². The minimum Gasteiger partial charge on any atom is -0.503 e. The Hall–Kier alpha value is -4.39. The number of ether oxygens (including phenoxy) is 1. The number of benzene rings is 2. The molecule has 1 atom stereocenters. The molecule has 0 radical (unpaired) electrons. The van der Waals surface area contributed by atoms with Crippen LogP contribution in [-0.4, -0.2) is 33.3 Å². The van der Waals surface area contributed by atoms with Gasteiger partial charge in [0.05, 0.1) is 18.2 Å². The Morgan fingerprint density at radius 1 is 1.05 bits per heavy atom. The standard InChI is InChI=1S/C30H28N2O5/c1-2-3-6-17-36-23-11-9-21(10-12-23)27-26(28(33)25-18-22-7-4-5-8-24(22)37-25)29(34)30(35)32(27)19-20-13-15-31-16-14-20/h4-5,7-16,18,27,34H,2-3,6,17,19H2,1H3. The number of pyridine rings is 1. The minimum atomic E-state index is -0.796. The number of aliphatic hydroxyl groups excluding tert-OH is 1. The fourth-order valence-corrected chi connectivity index (χ4v) is 4.60. The average Bonchev–Trinajstić information content (AvgIpc) is 3.47. The zero-order valence-corrected chi connectivity index (χ0v) is 20.6. The van der Waals surface area contributed by atoms with Crippen molar-refractivity contribution in [1.82, 2.24) is 9.88 Å². The summed E-state index contributed by atoms with van der Waals surface area (Å²) in [6, 6.07) is 19.0. The van der Waals surface area contributed by atoms with E-state index in [1.165, 1.54) is 4.90 Å². The van der Waals surface area contributed by atoms with Gasteiger partial charge in [-0.15, -0.1) is 0 Å². The van der Waals surface area contributed by atoms with Gasteiger partial charge in [0, 0.05) is 24.3 Å². The summed E-state index contributed by atoms with van der Waals surface area (Å²) < 4.78 is 11.6. The van der Waals surface area contributed by atoms with Crippen LogP contribution in [-0.2, 0) is 11.3 Å². The predicted octanol–water partition coefficient (Wildman–Crippen LogP) is 6.18. The van der Waals surface area contributed by atoms with Crippen molar-refractivity contribution in [3.05, 3.63) is 107 Å². The third kappa shape index (κ3) is 4.98. The number of aliphatic hydroxyl groups is 1. The predicted molar refractivity (Wildman–Crippen MR) is 139 cm³/mol. The molecule has 37 heavy (non-hydrogen) atoms. The van der Waals surface area contributed by atoms with E-state index in [0.29, 0.717) is 23.5 Å². The number of aromatic nitrogens is 1. The molecule has 188 valence electrons. The summed E-state index contributed by atoms with van der Waals surface area (Å²) in [5.41, 5.74) is 2.07. The van der Waals surface area contributed by atoms with Crippen LogP contribution in [0.3, 0.4) is 0 Å². The molecule has 1 aliphatic rings. The molecule has 7 nitrogen and oxygen atoms in total. The van der Waals surface area contributed by atoms with Crippen LogP contribution in [0.1, 0.15) is 53.9 Å². The molecule has 7 heteroatoms. The molecule has 4 aromatic rings. The topological polar surface area (TPSA) is 92.9 Å². The van der Waals surface area contributed by atoms with Crippen LogP contribution < -0.4 is 4.74 Å². The van der Waals surface area contributed by atoms with Gasteiger partial charge in [-0.3, -0.25) is 14.6 Å². The SMILES string of the molecule is CCCCCOc1ccc(C2C(C(=O)c3cc4ccccc4o3)=C(O)C(=O)N2Cc2ccncc2)cc1. The molecule has 1 amide bonds. The molecule has 0 fully saturated rings. The molecule has 0 bridgehead atoms. The van der Waals surface area contributed by atoms with Gasteiger partial charge in [-0.25, -0.2) is 0 Å². The summed E-state index contributed by atoms with van der Waals surface area (Å²) >= 11 is 0. The first kappa shape index (κ1) is 24.3. The number of para-hydroxylation sites is 1. The maximum Gasteiger partial charge on any atom is 0.290 e. The second-order valence-corrected chi connectivity index (χ2v) is 9.06. The number of fused-ring (bicyclic) bond motifs is 1. The number of carbonyl (C=O) groups excluding carboxylic acids is 2. The maximum absolute atomic E-state index is 13.7. The van der Waals surface area contributed by atoms with Crippen LogP contribution >= 0.6 is 0 Å². The Labute approximate surface area is 215 Å². The number of Topliss-reactive ketones (excluding diaryl/α,β-unsaturated/α-hetero) is 1. The molecule has 0 spiro atoms. The molecule has 1 aliphatic heterocycles. The minimum absolute atomic E-state index is 0.00488. The molecular weight excluding hydrogens is 468 g/mol. The number of rotatable bonds is 10. The van der Waals surface area contributed by atoms with Crippen molar-refractivity contribution in [2.24, 2.45) is 0 Å². The smallest absolute Gasteiger partial charge is 0.290 e. The number of ketones is 1. The van der Waals surface area contributed by atoms with Crippen molar-refractivity contribution < 1.29 is 23.8 Å². The fraction of sp³-hybridized carbons (Fsp3) is 0.233. The molecule has 3 heterocycles. The molecule has 5 rings (SSSR count). The number of unbranched alkanes of at least 4 members (excludes halogenated alkanes) is 2. The first-order valence-electron chi connectivity index (χ1n) is 12.5. The van der Waals surface area contributed by atoms with Crippen LogP contribution in [0, 0.1) is 0 Å². The third-order valence-electron chi connectivity index (χ3n) is 6.51. The van der Waals surface area contributed by atoms with E-state index in [2.05, 4.69) is 11.9 Å². The number of hydrogen-bond acceptors (Lipinski definition) is 6. The lowest BCUT2D eigenvalue weighted by Gasteiger charge is -2.27. The van der Waals surface area contributed by atoms with E-state index in [4.69, 9.17) is 9.15 Å². The molecule has 2 aromatic heterocycles. The average molecular weight is 497 g/mol. The lowest BCUT2D eigenvalue weighted by molar-refractivity contribution is -0.130. The second-order valence-electron chi connectivity index (χ2n) is 9.06. The number of hydrogen-bond donors (Lipinski definition) is 1. The van der Waals surface area contributed by atoms with Gasteiger partial charge in [0.15, 0.2) is 11.5 Å². The Morgan fingerprint density at radius 3 is 2.54 bits per heavy atom. The molecule has 0 saturated heterocycles. The number of amides is 1. The highest BCUT2D eigenvalue weighted by Gasteiger charge is 2.44. The van der Waals surface area contributed by atoms with Crippen molar-refractivity contribution in [3.8, 4) is 5.75 Å². The van der Waals surface area contributed by atoms with Crippen molar-refractivity contribution in [2.45, 2.75) is 38.8 Å². The number of carbonyl (C=O) groups is 2. The lowest BCUT2D eigenvalue weighted by Crippen LogP contribution is -2.30. The first-order chi connectivity index (χ1) is 18.1. The summed E-state index contributed by atoms with van der Waals surface area (Å²) in [7, 11) is 0. The second kappa shape index (κ2) is 10.7. The largest absolute Gasteiger partial charge is 0.503 e.